The second-order valence-electron chi connectivity index (χ2n) is 10.6. The third-order valence-electron chi connectivity index (χ3n) is 8.07. The summed E-state index contributed by atoms with van der Waals surface area (Å²) in [4.78, 5) is 19.8. The van der Waals surface area contributed by atoms with E-state index in [9.17, 15) is 8.78 Å². The molecule has 0 aliphatic carbocycles. The van der Waals surface area contributed by atoms with Gasteiger partial charge in [-0.25, -0.2) is 28.7 Å². The van der Waals surface area contributed by atoms with Crippen LogP contribution in [-0.2, 0) is 19.5 Å². The standard InChI is InChI=1S/C27H28F2N8/c28-19-10-18(11-21-25(19)34-23-2-1-7-37(21)23)24-20(29)13-32-26(35-24)33-22-4-3-17(12-31-22)14-36-8-5-27(6-9-36)15-30-16-27/h3-4,10-13,30H,1-2,5-9,14-16H2,(H,31,32,33,35). The van der Waals surface area contributed by atoms with Crippen LogP contribution in [0.1, 0.15) is 30.7 Å². The van der Waals surface area contributed by atoms with Crippen molar-refractivity contribution in [1.82, 2.24) is 34.7 Å². The number of fused-ring (bicyclic) bond motifs is 3. The summed E-state index contributed by atoms with van der Waals surface area (Å²) in [5.74, 6) is 0.536. The van der Waals surface area contributed by atoms with Crippen LogP contribution >= 0.6 is 0 Å². The molecule has 3 aliphatic rings. The summed E-state index contributed by atoms with van der Waals surface area (Å²) >= 11 is 0. The number of piperidine rings is 1. The molecule has 0 unspecified atom stereocenters. The average molecular weight is 503 g/mol. The molecule has 6 heterocycles. The van der Waals surface area contributed by atoms with Crippen molar-refractivity contribution in [2.24, 2.45) is 5.41 Å². The Morgan fingerprint density at radius 1 is 0.973 bits per heavy atom. The molecule has 0 atom stereocenters. The van der Waals surface area contributed by atoms with Crippen LogP contribution in [0.15, 0.2) is 36.7 Å². The molecule has 1 aromatic carbocycles. The number of nitrogens with one attached hydrogen (secondary N) is 2. The molecular formula is C27H28F2N8. The maximum absolute atomic E-state index is 14.9. The van der Waals surface area contributed by atoms with Gasteiger partial charge in [-0.1, -0.05) is 6.07 Å². The molecule has 2 N–H and O–H groups in total. The zero-order chi connectivity index (χ0) is 25.0. The Balaban J connectivity index is 1.07. The largest absolute Gasteiger partial charge is 0.328 e. The average Bonchev–Trinajstić information content (AvgIpc) is 3.49. The molecule has 10 heteroatoms. The Labute approximate surface area is 213 Å². The number of hydrogen-bond donors (Lipinski definition) is 2. The molecule has 190 valence electrons. The Hall–Kier alpha value is -3.50. The number of aryl methyl sites for hydroxylation is 2. The van der Waals surface area contributed by atoms with Crippen molar-refractivity contribution in [3.05, 3.63) is 59.7 Å². The van der Waals surface area contributed by atoms with Crippen LogP contribution in [0.5, 0.6) is 0 Å². The second kappa shape index (κ2) is 8.81. The number of nitrogens with zero attached hydrogens (tertiary/aromatic N) is 6. The van der Waals surface area contributed by atoms with Gasteiger partial charge in [-0.3, -0.25) is 4.90 Å². The predicted molar refractivity (Wildman–Crippen MR) is 136 cm³/mol. The van der Waals surface area contributed by atoms with Gasteiger partial charge in [0.1, 0.15) is 22.9 Å². The van der Waals surface area contributed by atoms with Crippen LogP contribution in [0.2, 0.25) is 0 Å². The van der Waals surface area contributed by atoms with Crippen LogP contribution in [0, 0.1) is 17.0 Å². The number of anilines is 2. The fourth-order valence-electron chi connectivity index (χ4n) is 5.81. The molecule has 0 amide bonds. The molecule has 0 bridgehead atoms. The van der Waals surface area contributed by atoms with Crippen LogP contribution in [0.3, 0.4) is 0 Å². The first-order valence-corrected chi connectivity index (χ1v) is 12.9. The van der Waals surface area contributed by atoms with E-state index in [4.69, 9.17) is 0 Å². The summed E-state index contributed by atoms with van der Waals surface area (Å²) in [6, 6.07) is 6.96. The van der Waals surface area contributed by atoms with Gasteiger partial charge in [-0.2, -0.15) is 0 Å². The molecule has 7 rings (SSSR count). The van der Waals surface area contributed by atoms with Gasteiger partial charge < -0.3 is 15.2 Å². The third kappa shape index (κ3) is 4.14. The van der Waals surface area contributed by atoms with Crippen LogP contribution < -0.4 is 10.6 Å². The van der Waals surface area contributed by atoms with Crippen molar-refractivity contribution >= 4 is 22.8 Å². The lowest BCUT2D eigenvalue weighted by Gasteiger charge is -2.48. The molecule has 0 saturated carbocycles. The quantitative estimate of drug-likeness (QED) is 0.426. The Kier molecular flexibility index (Phi) is 5.40. The lowest BCUT2D eigenvalue weighted by Crippen LogP contribution is -2.58. The summed E-state index contributed by atoms with van der Waals surface area (Å²) < 4.78 is 31.6. The van der Waals surface area contributed by atoms with Gasteiger partial charge in [0.2, 0.25) is 5.95 Å². The highest BCUT2D eigenvalue weighted by molar-refractivity contribution is 5.83. The molecule has 2 fully saturated rings. The van der Waals surface area contributed by atoms with Gasteiger partial charge in [-0.15, -0.1) is 0 Å². The monoisotopic (exact) mass is 502 g/mol. The first-order valence-electron chi connectivity index (χ1n) is 12.9. The van der Waals surface area contributed by atoms with E-state index in [-0.39, 0.29) is 11.6 Å². The molecule has 0 radical (unpaired) electrons. The minimum atomic E-state index is -0.616. The Morgan fingerprint density at radius 2 is 1.84 bits per heavy atom. The van der Waals surface area contributed by atoms with Crippen LogP contribution in [0.4, 0.5) is 20.5 Å². The van der Waals surface area contributed by atoms with E-state index in [1.165, 1.54) is 18.9 Å². The fraction of sp³-hybridized carbons (Fsp3) is 0.407. The van der Waals surface area contributed by atoms with Crippen molar-refractivity contribution in [1.29, 1.82) is 0 Å². The second-order valence-corrected chi connectivity index (χ2v) is 10.6. The van der Waals surface area contributed by atoms with Crippen molar-refractivity contribution < 1.29 is 8.78 Å². The molecule has 2 saturated heterocycles. The minimum absolute atomic E-state index is 0.0352. The number of likely N-dealkylation sites (tertiary alicyclic amines) is 1. The molecule has 3 aromatic heterocycles. The summed E-state index contributed by atoms with van der Waals surface area (Å²) in [7, 11) is 0. The van der Waals surface area contributed by atoms with E-state index in [1.807, 2.05) is 22.9 Å². The van der Waals surface area contributed by atoms with Gasteiger partial charge in [0.05, 0.1) is 11.7 Å². The molecular weight excluding hydrogens is 474 g/mol. The Morgan fingerprint density at radius 3 is 2.59 bits per heavy atom. The summed E-state index contributed by atoms with van der Waals surface area (Å²) in [6.45, 7) is 6.20. The zero-order valence-corrected chi connectivity index (χ0v) is 20.5. The summed E-state index contributed by atoms with van der Waals surface area (Å²) in [5, 5.41) is 6.46. The van der Waals surface area contributed by atoms with Gasteiger partial charge in [-0.05, 0) is 61.5 Å². The van der Waals surface area contributed by atoms with E-state index >= 15 is 0 Å². The molecule has 4 aromatic rings. The first-order chi connectivity index (χ1) is 18.1. The topological polar surface area (TPSA) is 83.8 Å². The number of benzene rings is 1. The fourth-order valence-corrected chi connectivity index (χ4v) is 5.81. The van der Waals surface area contributed by atoms with E-state index in [0.29, 0.717) is 27.8 Å². The number of imidazole rings is 1. The van der Waals surface area contributed by atoms with Crippen LogP contribution in [-0.4, -0.2) is 55.6 Å². The van der Waals surface area contributed by atoms with Crippen molar-refractivity contribution in [2.75, 3.05) is 31.5 Å². The highest BCUT2D eigenvalue weighted by Crippen LogP contribution is 2.35. The van der Waals surface area contributed by atoms with Gasteiger partial charge >= 0.3 is 0 Å². The van der Waals surface area contributed by atoms with E-state index in [0.717, 1.165) is 69.7 Å². The molecule has 8 nitrogen and oxygen atoms in total. The van der Waals surface area contributed by atoms with E-state index in [2.05, 4.69) is 35.5 Å². The SMILES string of the molecule is Fc1cnc(Nc2ccc(CN3CCC4(CC3)CNC4)cn2)nc1-c1cc(F)c2nc3n(c2c1)CCC3. The van der Waals surface area contributed by atoms with E-state index < -0.39 is 11.6 Å². The highest BCUT2D eigenvalue weighted by Gasteiger charge is 2.39. The van der Waals surface area contributed by atoms with Gasteiger partial charge in [0.25, 0.3) is 0 Å². The Bertz CT molecular complexity index is 1470. The molecule has 1 spiro atoms. The third-order valence-corrected chi connectivity index (χ3v) is 8.07. The summed E-state index contributed by atoms with van der Waals surface area (Å²) in [6.07, 6.45) is 7.24. The number of pyridine rings is 1. The lowest BCUT2D eigenvalue weighted by molar-refractivity contribution is 0.0520. The zero-order valence-electron chi connectivity index (χ0n) is 20.5. The van der Waals surface area contributed by atoms with Crippen molar-refractivity contribution in [3.63, 3.8) is 0 Å². The maximum Gasteiger partial charge on any atom is 0.229 e. The van der Waals surface area contributed by atoms with Crippen molar-refractivity contribution in [2.45, 2.75) is 38.8 Å². The molecule has 37 heavy (non-hydrogen) atoms. The normalized spacial score (nSPS) is 18.8. The van der Waals surface area contributed by atoms with Crippen LogP contribution in [0.25, 0.3) is 22.3 Å². The number of hydrogen-bond acceptors (Lipinski definition) is 7. The highest BCUT2D eigenvalue weighted by atomic mass is 19.1. The summed E-state index contributed by atoms with van der Waals surface area (Å²) in [5.41, 5.74) is 3.05. The molecule has 3 aliphatic heterocycles. The minimum Gasteiger partial charge on any atom is -0.328 e. The number of rotatable bonds is 5. The van der Waals surface area contributed by atoms with Crippen molar-refractivity contribution in [3.8, 4) is 11.3 Å². The van der Waals surface area contributed by atoms with E-state index in [1.54, 1.807) is 6.07 Å². The maximum atomic E-state index is 14.9. The van der Waals surface area contributed by atoms with Gasteiger partial charge in [0, 0.05) is 44.4 Å². The number of halogens is 2. The number of aromatic nitrogens is 5. The smallest absolute Gasteiger partial charge is 0.229 e. The first kappa shape index (κ1) is 22.7. The lowest BCUT2D eigenvalue weighted by atomic mass is 9.73. The van der Waals surface area contributed by atoms with Gasteiger partial charge in [0.15, 0.2) is 11.6 Å². The predicted octanol–water partition coefficient (Wildman–Crippen LogP) is 4.04.